The lowest BCUT2D eigenvalue weighted by atomic mass is 10.1. The lowest BCUT2D eigenvalue weighted by molar-refractivity contribution is -0.137. The molecule has 0 N–H and O–H groups in total. The third-order valence-electron chi connectivity index (χ3n) is 3.51. The van der Waals surface area contributed by atoms with Gasteiger partial charge >= 0.3 is 6.18 Å². The summed E-state index contributed by atoms with van der Waals surface area (Å²) in [5, 5.41) is 0. The van der Waals surface area contributed by atoms with E-state index in [1.807, 2.05) is 0 Å². The number of hydrogen-bond donors (Lipinski definition) is 0. The molecule has 0 spiro atoms. The lowest BCUT2D eigenvalue weighted by Gasteiger charge is -2.08. The quantitative estimate of drug-likeness (QED) is 0.723. The van der Waals surface area contributed by atoms with Crippen molar-refractivity contribution in [3.05, 3.63) is 54.2 Å². The number of hydrogen-bond acceptors (Lipinski definition) is 3. The Morgan fingerprint density at radius 2 is 2.00 bits per heavy atom. The molecule has 0 radical (unpaired) electrons. The molecule has 0 aliphatic rings. The van der Waals surface area contributed by atoms with Crippen molar-refractivity contribution in [1.29, 1.82) is 0 Å². The van der Waals surface area contributed by atoms with Crippen molar-refractivity contribution in [1.82, 2.24) is 19.3 Å². The van der Waals surface area contributed by atoms with E-state index in [0.717, 1.165) is 12.1 Å². The van der Waals surface area contributed by atoms with Crippen LogP contribution in [0.4, 0.5) is 13.2 Å². The smallest absolute Gasteiger partial charge is 0.342 e. The van der Waals surface area contributed by atoms with Gasteiger partial charge < -0.3 is 4.90 Å². The van der Waals surface area contributed by atoms with Crippen molar-refractivity contribution in [2.75, 3.05) is 14.1 Å². The third kappa shape index (κ3) is 2.70. The number of rotatable bonds is 2. The zero-order chi connectivity index (χ0) is 17.5. The Hall–Kier alpha value is -2.90. The number of imidazole rings is 1. The minimum atomic E-state index is -4.45. The molecule has 0 saturated carbocycles. The number of nitrogens with zero attached hydrogens (tertiary/aromatic N) is 4. The van der Waals surface area contributed by atoms with Gasteiger partial charge in [0.25, 0.3) is 5.91 Å². The summed E-state index contributed by atoms with van der Waals surface area (Å²) >= 11 is 0. The monoisotopic (exact) mass is 334 g/mol. The van der Waals surface area contributed by atoms with Gasteiger partial charge in [-0.05, 0) is 12.1 Å². The van der Waals surface area contributed by atoms with Gasteiger partial charge in [0.05, 0.1) is 23.0 Å². The first-order chi connectivity index (χ1) is 11.3. The van der Waals surface area contributed by atoms with Crippen molar-refractivity contribution in [2.24, 2.45) is 0 Å². The van der Waals surface area contributed by atoms with Crippen LogP contribution in [0.25, 0.3) is 16.8 Å². The second kappa shape index (κ2) is 5.63. The molecule has 0 atom stereocenters. The van der Waals surface area contributed by atoms with Gasteiger partial charge in [-0.15, -0.1) is 0 Å². The number of fused-ring (bicyclic) bond motifs is 1. The van der Waals surface area contributed by atoms with E-state index in [9.17, 15) is 18.0 Å². The van der Waals surface area contributed by atoms with Crippen LogP contribution >= 0.6 is 0 Å². The maximum atomic E-state index is 12.9. The van der Waals surface area contributed by atoms with Crippen molar-refractivity contribution in [3.8, 4) is 11.3 Å². The number of alkyl halides is 3. The van der Waals surface area contributed by atoms with Crippen LogP contribution in [0.15, 0.2) is 42.9 Å². The van der Waals surface area contributed by atoms with Crippen molar-refractivity contribution < 1.29 is 18.0 Å². The molecule has 1 aromatic carbocycles. The number of carbonyl (C=O) groups excluding carboxylic acids is 1. The Kier molecular flexibility index (Phi) is 3.75. The maximum absolute atomic E-state index is 12.9. The summed E-state index contributed by atoms with van der Waals surface area (Å²) in [7, 11) is 3.16. The molecule has 3 rings (SSSR count). The van der Waals surface area contributed by atoms with E-state index in [4.69, 9.17) is 0 Å². The Morgan fingerprint density at radius 1 is 1.25 bits per heavy atom. The van der Waals surface area contributed by atoms with Gasteiger partial charge in [0, 0.05) is 32.1 Å². The highest BCUT2D eigenvalue weighted by Crippen LogP contribution is 2.33. The summed E-state index contributed by atoms with van der Waals surface area (Å²) in [4.78, 5) is 21.9. The molecule has 5 nitrogen and oxygen atoms in total. The van der Waals surface area contributed by atoms with Crippen molar-refractivity contribution in [2.45, 2.75) is 6.18 Å². The van der Waals surface area contributed by atoms with E-state index in [2.05, 4.69) is 9.97 Å². The van der Waals surface area contributed by atoms with Gasteiger partial charge in [-0.2, -0.15) is 13.2 Å². The molecule has 3 aromatic rings. The zero-order valence-corrected chi connectivity index (χ0v) is 12.9. The van der Waals surface area contributed by atoms with Gasteiger partial charge in [-0.1, -0.05) is 12.1 Å². The zero-order valence-electron chi connectivity index (χ0n) is 12.9. The lowest BCUT2D eigenvalue weighted by Crippen LogP contribution is -2.24. The number of benzene rings is 1. The summed E-state index contributed by atoms with van der Waals surface area (Å²) in [6, 6.07) is 4.84. The summed E-state index contributed by atoms with van der Waals surface area (Å²) in [5.74, 6) is -0.237. The SMILES string of the molecule is CN(C)C(=O)c1nc(-c2cccc(C(F)(F)F)c2)c2cnccn12. The first kappa shape index (κ1) is 16.0. The van der Waals surface area contributed by atoms with E-state index in [-0.39, 0.29) is 23.0 Å². The average molecular weight is 334 g/mol. The topological polar surface area (TPSA) is 50.5 Å². The van der Waals surface area contributed by atoms with Gasteiger partial charge in [0.15, 0.2) is 0 Å². The second-order valence-corrected chi connectivity index (χ2v) is 5.39. The molecule has 0 saturated heterocycles. The molecular formula is C16H13F3N4O. The minimum absolute atomic E-state index is 0.116. The number of amides is 1. The Bertz CT molecular complexity index is 915. The van der Waals surface area contributed by atoms with Gasteiger partial charge in [-0.3, -0.25) is 14.2 Å². The number of aromatic nitrogens is 3. The molecule has 0 unspecified atom stereocenters. The Morgan fingerprint density at radius 3 is 2.67 bits per heavy atom. The standard InChI is InChI=1S/C16H13F3N4O/c1-22(2)15(24)14-21-13(12-9-20-6-7-23(12)14)10-4-3-5-11(8-10)16(17,18)19/h3-9H,1-2H3. The van der Waals surface area contributed by atoms with Crippen molar-refractivity contribution in [3.63, 3.8) is 0 Å². The highest BCUT2D eigenvalue weighted by atomic mass is 19.4. The van der Waals surface area contributed by atoms with Crippen molar-refractivity contribution >= 4 is 11.4 Å². The molecule has 2 aromatic heterocycles. The molecule has 0 fully saturated rings. The molecule has 0 aliphatic carbocycles. The summed E-state index contributed by atoms with van der Waals surface area (Å²) < 4.78 is 40.3. The fourth-order valence-electron chi connectivity index (χ4n) is 2.34. The molecule has 24 heavy (non-hydrogen) atoms. The van der Waals surface area contributed by atoms with Crippen LogP contribution in [0.1, 0.15) is 16.2 Å². The average Bonchev–Trinajstić information content (AvgIpc) is 2.93. The molecule has 2 heterocycles. The molecular weight excluding hydrogens is 321 g/mol. The van der Waals surface area contributed by atoms with Gasteiger partial charge in [-0.25, -0.2) is 4.98 Å². The van der Waals surface area contributed by atoms with E-state index < -0.39 is 11.7 Å². The maximum Gasteiger partial charge on any atom is 0.416 e. The van der Waals surface area contributed by atoms with E-state index >= 15 is 0 Å². The van der Waals surface area contributed by atoms with E-state index in [1.54, 1.807) is 20.3 Å². The van der Waals surface area contributed by atoms with Crippen LogP contribution in [-0.2, 0) is 6.18 Å². The van der Waals surface area contributed by atoms with Gasteiger partial charge in [0.2, 0.25) is 5.82 Å². The molecule has 8 heteroatoms. The first-order valence-electron chi connectivity index (χ1n) is 7.00. The highest BCUT2D eigenvalue weighted by Gasteiger charge is 2.31. The fraction of sp³-hybridized carbons (Fsp3) is 0.188. The summed E-state index contributed by atoms with van der Waals surface area (Å²) in [6.07, 6.45) is 0.0499. The molecule has 124 valence electrons. The van der Waals surface area contributed by atoms with Crippen LogP contribution in [0.5, 0.6) is 0 Å². The molecule has 1 amide bonds. The van der Waals surface area contributed by atoms with Crippen LogP contribution < -0.4 is 0 Å². The number of carbonyl (C=O) groups is 1. The Balaban J connectivity index is 2.23. The first-order valence-corrected chi connectivity index (χ1v) is 7.00. The summed E-state index contributed by atoms with van der Waals surface area (Å²) in [5.41, 5.74) is 0.236. The predicted octanol–water partition coefficient (Wildman–Crippen LogP) is 3.12. The third-order valence-corrected chi connectivity index (χ3v) is 3.51. The summed E-state index contributed by atoms with van der Waals surface area (Å²) in [6.45, 7) is 0. The van der Waals surface area contributed by atoms with Crippen LogP contribution in [0.2, 0.25) is 0 Å². The molecule has 0 aliphatic heterocycles. The van der Waals surface area contributed by atoms with Gasteiger partial charge in [0.1, 0.15) is 0 Å². The normalized spacial score (nSPS) is 11.7. The van der Waals surface area contributed by atoms with Crippen LogP contribution in [0, 0.1) is 0 Å². The Labute approximate surface area is 135 Å². The minimum Gasteiger partial charge on any atom is -0.342 e. The number of halogens is 3. The van der Waals surface area contributed by atoms with Crippen LogP contribution in [0.3, 0.4) is 0 Å². The van der Waals surface area contributed by atoms with Crippen LogP contribution in [-0.4, -0.2) is 39.3 Å². The fourth-order valence-corrected chi connectivity index (χ4v) is 2.34. The highest BCUT2D eigenvalue weighted by molar-refractivity contribution is 5.94. The molecule has 0 bridgehead atoms. The predicted molar refractivity (Wildman–Crippen MR) is 81.4 cm³/mol. The largest absolute Gasteiger partial charge is 0.416 e. The van der Waals surface area contributed by atoms with E-state index in [0.29, 0.717) is 5.52 Å². The second-order valence-electron chi connectivity index (χ2n) is 5.39. The van der Waals surface area contributed by atoms with E-state index in [1.165, 1.54) is 33.8 Å².